The van der Waals surface area contributed by atoms with Gasteiger partial charge in [0.1, 0.15) is 0 Å². The standard InChI is InChI=1S/C3H7O2.C2H3.O.Zn/c4-2-1-3-5;1-2;;/h4H,1-3H2;1H,2H2;;/q-1;;;+1. The number of rotatable bonds is 5. The molecule has 4 heteroatoms. The third-order valence-corrected chi connectivity index (χ3v) is 3.32. The van der Waals surface area contributed by atoms with Crippen LogP contribution in [0.1, 0.15) is 6.42 Å². The average molecular weight is 184 g/mol. The molecule has 3 nitrogen and oxygen atoms in total. The molecular weight excluding hydrogens is 173 g/mol. The molecule has 0 saturated heterocycles. The first-order valence-electron chi connectivity index (χ1n) is 3.00. The Labute approximate surface area is 59.9 Å². The van der Waals surface area contributed by atoms with Crippen molar-refractivity contribution in [1.82, 2.24) is 0 Å². The molecule has 0 saturated carbocycles. The average Bonchev–Trinajstić information content (AvgIpc) is 1.89. The van der Waals surface area contributed by atoms with Crippen LogP contribution >= 0.6 is 0 Å². The summed E-state index contributed by atoms with van der Waals surface area (Å²) in [5.41, 5.74) is 0. The Morgan fingerprint density at radius 2 is 2.44 bits per heavy atom. The van der Waals surface area contributed by atoms with E-state index in [0.29, 0.717) is 13.0 Å². The molecule has 0 spiro atoms. The summed E-state index contributed by atoms with van der Waals surface area (Å²) in [6, 6.07) is 0. The van der Waals surface area contributed by atoms with Gasteiger partial charge in [-0.3, -0.25) is 0 Å². The van der Waals surface area contributed by atoms with Gasteiger partial charge >= 0.3 is 59.4 Å². The molecule has 0 fully saturated rings. The van der Waals surface area contributed by atoms with Crippen LogP contribution in [0, 0.1) is 0 Å². The fourth-order valence-corrected chi connectivity index (χ4v) is 1.77. The predicted molar refractivity (Wildman–Crippen MR) is 28.5 cm³/mol. The summed E-state index contributed by atoms with van der Waals surface area (Å²) in [6.45, 7) is 3.82. The Balaban J connectivity index is 3.07. The zero-order valence-corrected chi connectivity index (χ0v) is 8.34. The third kappa shape index (κ3) is 5.96. The van der Waals surface area contributed by atoms with Crippen molar-refractivity contribution >= 4 is 0 Å². The Hall–Kier alpha value is 0.0834. The summed E-state index contributed by atoms with van der Waals surface area (Å²) in [5, 5.41) is 8.27. The number of aliphatic hydroxyl groups is 1. The van der Waals surface area contributed by atoms with Crippen molar-refractivity contribution in [2.24, 2.45) is 0 Å². The normalized spacial score (nSPS) is 8.00. The number of aliphatic hydroxyl groups excluding tert-OH is 1. The maximum atomic E-state index is 10.6. The monoisotopic (exact) mass is 182 g/mol. The van der Waals surface area contributed by atoms with E-state index >= 15 is 0 Å². The molecule has 0 aromatic heterocycles. The molecule has 50 valence electrons. The predicted octanol–water partition coefficient (Wildman–Crippen LogP) is 0.408. The van der Waals surface area contributed by atoms with Gasteiger partial charge in [-0.05, 0) is 0 Å². The first-order valence-corrected chi connectivity index (χ1v) is 7.13. The molecule has 0 radical (unpaired) electrons. The fraction of sp³-hybridized carbons (Fsp3) is 0.600. The van der Waals surface area contributed by atoms with Gasteiger partial charge in [-0.2, -0.15) is 0 Å². The summed E-state index contributed by atoms with van der Waals surface area (Å²) in [5.74, 6) is 0. The molecule has 0 aromatic rings. The van der Waals surface area contributed by atoms with Crippen molar-refractivity contribution in [3.63, 3.8) is 0 Å². The SMILES string of the molecule is C=[CH][Zn](=[O])[O]CCCO. The molecule has 0 heterocycles. The van der Waals surface area contributed by atoms with E-state index in [1.54, 1.807) is 0 Å². The van der Waals surface area contributed by atoms with Crippen LogP contribution in [-0.2, 0) is 23.4 Å². The van der Waals surface area contributed by atoms with Gasteiger partial charge in [0.2, 0.25) is 0 Å². The van der Waals surface area contributed by atoms with Gasteiger partial charge in [-0.25, -0.2) is 0 Å². The molecule has 0 unspecified atom stereocenters. The third-order valence-electron chi connectivity index (χ3n) is 0.884. The van der Waals surface area contributed by atoms with E-state index in [2.05, 4.69) is 6.58 Å². The molecule has 0 rings (SSSR count). The first-order chi connectivity index (χ1) is 4.31. The topological polar surface area (TPSA) is 46.5 Å². The zero-order chi connectivity index (χ0) is 7.11. The second-order valence-corrected chi connectivity index (χ2v) is 5.69. The Bertz CT molecular complexity index is 102. The molecule has 0 aliphatic rings. The maximum absolute atomic E-state index is 10.6. The first kappa shape index (κ1) is 9.08. The van der Waals surface area contributed by atoms with Crippen LogP contribution in [-0.4, -0.2) is 18.3 Å². The van der Waals surface area contributed by atoms with Gasteiger partial charge in [0.25, 0.3) is 0 Å². The van der Waals surface area contributed by atoms with Gasteiger partial charge in [-0.1, -0.05) is 0 Å². The molecule has 0 aliphatic heterocycles. The Kier molecular flexibility index (Phi) is 6.26. The molecule has 1 N–H and O–H groups in total. The van der Waals surface area contributed by atoms with E-state index in [1.165, 1.54) is 4.67 Å². The molecule has 0 amide bonds. The molecule has 0 bridgehead atoms. The zero-order valence-electron chi connectivity index (χ0n) is 5.38. The fourth-order valence-electron chi connectivity index (χ4n) is 0.392. The van der Waals surface area contributed by atoms with Crippen LogP contribution in [0.3, 0.4) is 0 Å². The van der Waals surface area contributed by atoms with Gasteiger partial charge in [0.15, 0.2) is 0 Å². The van der Waals surface area contributed by atoms with E-state index < -0.39 is 16.3 Å². The minimum absolute atomic E-state index is 0.0927. The van der Waals surface area contributed by atoms with E-state index in [0.717, 1.165) is 0 Å². The van der Waals surface area contributed by atoms with Crippen molar-refractivity contribution in [2.75, 3.05) is 13.2 Å². The van der Waals surface area contributed by atoms with Crippen molar-refractivity contribution in [2.45, 2.75) is 6.42 Å². The molecule has 0 atom stereocenters. The summed E-state index contributed by atoms with van der Waals surface area (Å²) >= 11 is -2.89. The Morgan fingerprint density at radius 3 is 2.89 bits per heavy atom. The van der Waals surface area contributed by atoms with Crippen LogP contribution in [0.25, 0.3) is 0 Å². The summed E-state index contributed by atoms with van der Waals surface area (Å²) in [4.78, 5) is 0. The summed E-state index contributed by atoms with van der Waals surface area (Å²) in [7, 11) is 0. The number of hydrogen-bond donors (Lipinski definition) is 1. The van der Waals surface area contributed by atoms with E-state index in [4.69, 9.17) is 8.67 Å². The van der Waals surface area contributed by atoms with Crippen molar-refractivity contribution in [3.8, 4) is 0 Å². The van der Waals surface area contributed by atoms with Crippen LogP contribution in [0.4, 0.5) is 0 Å². The molecule has 0 aliphatic carbocycles. The van der Waals surface area contributed by atoms with Gasteiger partial charge in [0.05, 0.1) is 0 Å². The van der Waals surface area contributed by atoms with Crippen LogP contribution < -0.4 is 0 Å². The summed E-state index contributed by atoms with van der Waals surface area (Å²) in [6.07, 6.45) is 0.559. The quantitative estimate of drug-likeness (QED) is 0.496. The van der Waals surface area contributed by atoms with Gasteiger partial charge in [-0.15, -0.1) is 0 Å². The van der Waals surface area contributed by atoms with Crippen LogP contribution in [0.15, 0.2) is 11.2 Å². The van der Waals surface area contributed by atoms with Crippen molar-refractivity contribution in [1.29, 1.82) is 0 Å². The summed E-state index contributed by atoms with van der Waals surface area (Å²) < 4.78 is 16.7. The minimum atomic E-state index is -2.89. The van der Waals surface area contributed by atoms with Crippen LogP contribution in [0.5, 0.6) is 0 Å². The van der Waals surface area contributed by atoms with Gasteiger partial charge in [0, 0.05) is 0 Å². The van der Waals surface area contributed by atoms with E-state index in [-0.39, 0.29) is 6.61 Å². The Morgan fingerprint density at radius 1 is 1.78 bits per heavy atom. The van der Waals surface area contributed by atoms with Gasteiger partial charge < -0.3 is 0 Å². The van der Waals surface area contributed by atoms with E-state index in [1.807, 2.05) is 0 Å². The van der Waals surface area contributed by atoms with Crippen molar-refractivity contribution < 1.29 is 28.5 Å². The molecular formula is C5H10O3Zn. The number of hydrogen-bond acceptors (Lipinski definition) is 3. The van der Waals surface area contributed by atoms with Crippen LogP contribution in [0.2, 0.25) is 0 Å². The molecule has 9 heavy (non-hydrogen) atoms. The second-order valence-electron chi connectivity index (χ2n) is 1.73. The molecule has 0 aromatic carbocycles. The van der Waals surface area contributed by atoms with Crippen molar-refractivity contribution in [3.05, 3.63) is 11.2 Å². The second kappa shape index (κ2) is 6.21. The van der Waals surface area contributed by atoms with E-state index in [9.17, 15) is 3.57 Å².